The fourth-order valence-corrected chi connectivity index (χ4v) is 4.39. The Morgan fingerprint density at radius 1 is 0.960 bits per heavy atom. The fraction of sp³-hybridized carbons (Fsp3) is 0.750. The molecule has 2 fully saturated rings. The number of carbonyl (C=O) groups excluding carboxylic acids is 1. The molecule has 25 heavy (non-hydrogen) atoms. The van der Waals surface area contributed by atoms with Gasteiger partial charge in [0, 0.05) is 56.9 Å². The lowest BCUT2D eigenvalue weighted by Gasteiger charge is -2.36. The van der Waals surface area contributed by atoms with E-state index in [1.807, 2.05) is 25.7 Å². The van der Waals surface area contributed by atoms with Crippen molar-refractivity contribution in [3.8, 4) is 0 Å². The first-order valence-electron chi connectivity index (χ1n) is 9.72. The van der Waals surface area contributed by atoms with E-state index in [4.69, 9.17) is 4.42 Å². The van der Waals surface area contributed by atoms with Crippen LogP contribution in [0.4, 0.5) is 0 Å². The second kappa shape index (κ2) is 7.50. The summed E-state index contributed by atoms with van der Waals surface area (Å²) in [4.78, 5) is 20.0. The molecule has 0 unspecified atom stereocenters. The number of piperazine rings is 1. The van der Waals surface area contributed by atoms with Gasteiger partial charge in [0.15, 0.2) is 0 Å². The smallest absolute Gasteiger partial charge is 0.257 e. The van der Waals surface area contributed by atoms with E-state index in [-0.39, 0.29) is 5.91 Å². The number of carbonyl (C=O) groups is 1. The number of amides is 1. The Labute approximate surface area is 151 Å². The van der Waals surface area contributed by atoms with Crippen molar-refractivity contribution in [1.29, 1.82) is 0 Å². The minimum absolute atomic E-state index is 0.133. The van der Waals surface area contributed by atoms with E-state index in [0.29, 0.717) is 12.1 Å². The van der Waals surface area contributed by atoms with E-state index in [0.717, 1.165) is 61.9 Å². The van der Waals surface area contributed by atoms with Crippen molar-refractivity contribution < 1.29 is 9.21 Å². The topological polar surface area (TPSA) is 39.9 Å². The molecule has 1 aromatic rings. The number of hydrogen-bond donors (Lipinski definition) is 0. The highest BCUT2D eigenvalue weighted by Gasteiger charge is 2.29. The maximum atomic E-state index is 12.9. The van der Waals surface area contributed by atoms with E-state index in [9.17, 15) is 4.79 Å². The maximum Gasteiger partial charge on any atom is 0.257 e. The third-order valence-corrected chi connectivity index (χ3v) is 6.24. The first-order chi connectivity index (χ1) is 11.9. The molecule has 0 N–H and O–H groups in total. The monoisotopic (exact) mass is 347 g/mol. The molecule has 2 atom stereocenters. The van der Waals surface area contributed by atoms with Crippen molar-refractivity contribution in [2.75, 3.05) is 39.3 Å². The van der Waals surface area contributed by atoms with Crippen molar-refractivity contribution in [3.63, 3.8) is 0 Å². The van der Waals surface area contributed by atoms with Gasteiger partial charge in [-0.1, -0.05) is 0 Å². The number of nitrogens with zero attached hydrogens (tertiary/aromatic N) is 3. The van der Waals surface area contributed by atoms with Gasteiger partial charge in [0.1, 0.15) is 11.5 Å². The maximum absolute atomic E-state index is 12.9. The second-order valence-corrected chi connectivity index (χ2v) is 7.86. The van der Waals surface area contributed by atoms with E-state index in [1.165, 1.54) is 12.8 Å². The van der Waals surface area contributed by atoms with E-state index < -0.39 is 0 Å². The van der Waals surface area contributed by atoms with Crippen LogP contribution in [0.1, 0.15) is 54.1 Å². The lowest BCUT2D eigenvalue weighted by Crippen LogP contribution is -2.51. The van der Waals surface area contributed by atoms with Gasteiger partial charge in [-0.25, -0.2) is 0 Å². The Bertz CT molecular complexity index is 607. The quantitative estimate of drug-likeness (QED) is 0.840. The van der Waals surface area contributed by atoms with Gasteiger partial charge in [0.2, 0.25) is 0 Å². The normalized spacial score (nSPS) is 25.7. The highest BCUT2D eigenvalue weighted by molar-refractivity contribution is 5.97. The molecule has 0 aliphatic carbocycles. The molecule has 1 aromatic heterocycles. The molecule has 1 amide bonds. The summed E-state index contributed by atoms with van der Waals surface area (Å²) in [7, 11) is 0. The summed E-state index contributed by atoms with van der Waals surface area (Å²) in [5.41, 5.74) is 1.76. The van der Waals surface area contributed by atoms with E-state index in [1.54, 1.807) is 0 Å². The van der Waals surface area contributed by atoms with Crippen LogP contribution in [0.5, 0.6) is 0 Å². The van der Waals surface area contributed by atoms with E-state index in [2.05, 4.69) is 23.6 Å². The molecule has 3 rings (SSSR count). The number of rotatable bonds is 4. The first-order valence-corrected chi connectivity index (χ1v) is 9.72. The number of furan rings is 1. The molecule has 0 radical (unpaired) electrons. The van der Waals surface area contributed by atoms with Crippen molar-refractivity contribution in [3.05, 3.63) is 22.6 Å². The highest BCUT2D eigenvalue weighted by atomic mass is 16.3. The van der Waals surface area contributed by atoms with Crippen LogP contribution in [0, 0.1) is 20.8 Å². The fourth-order valence-electron chi connectivity index (χ4n) is 4.39. The van der Waals surface area contributed by atoms with Crippen molar-refractivity contribution in [2.24, 2.45) is 0 Å². The van der Waals surface area contributed by atoms with Gasteiger partial charge in [-0.15, -0.1) is 0 Å². The number of likely N-dealkylation sites (tertiary alicyclic amines) is 1. The lowest BCUT2D eigenvalue weighted by molar-refractivity contribution is 0.0612. The van der Waals surface area contributed by atoms with Crippen LogP contribution < -0.4 is 0 Å². The minimum atomic E-state index is 0.133. The summed E-state index contributed by atoms with van der Waals surface area (Å²) in [5.74, 6) is 1.74. The van der Waals surface area contributed by atoms with Gasteiger partial charge in [-0.2, -0.15) is 0 Å². The predicted octanol–water partition coefficient (Wildman–Crippen LogP) is 2.84. The van der Waals surface area contributed by atoms with Gasteiger partial charge in [0.25, 0.3) is 5.91 Å². The van der Waals surface area contributed by atoms with Crippen molar-refractivity contribution >= 4 is 5.91 Å². The number of aryl methyl sites for hydroxylation is 2. The van der Waals surface area contributed by atoms with Crippen LogP contribution in [0.15, 0.2) is 4.42 Å². The largest absolute Gasteiger partial charge is 0.466 e. The molecule has 0 aromatic carbocycles. The van der Waals surface area contributed by atoms with Crippen LogP contribution in [0.2, 0.25) is 0 Å². The third kappa shape index (κ3) is 3.77. The van der Waals surface area contributed by atoms with Crippen LogP contribution >= 0.6 is 0 Å². The summed E-state index contributed by atoms with van der Waals surface area (Å²) in [5, 5.41) is 0. The molecule has 0 saturated carbocycles. The molecular formula is C20H33N3O2. The van der Waals surface area contributed by atoms with Crippen LogP contribution in [0.25, 0.3) is 0 Å². The summed E-state index contributed by atoms with van der Waals surface area (Å²) in [6.45, 7) is 16.3. The molecule has 2 aliphatic heterocycles. The zero-order valence-corrected chi connectivity index (χ0v) is 16.5. The zero-order valence-electron chi connectivity index (χ0n) is 16.5. The highest BCUT2D eigenvalue weighted by Crippen LogP contribution is 2.24. The predicted molar refractivity (Wildman–Crippen MR) is 100 cm³/mol. The molecule has 0 bridgehead atoms. The summed E-state index contributed by atoms with van der Waals surface area (Å²) < 4.78 is 5.63. The van der Waals surface area contributed by atoms with Crippen molar-refractivity contribution in [2.45, 2.75) is 59.5 Å². The minimum Gasteiger partial charge on any atom is -0.466 e. The average Bonchev–Trinajstić information content (AvgIpc) is 3.04. The Hall–Kier alpha value is -1.33. The van der Waals surface area contributed by atoms with Gasteiger partial charge in [0.05, 0.1) is 5.56 Å². The Morgan fingerprint density at radius 2 is 1.56 bits per heavy atom. The molecule has 0 spiro atoms. The average molecular weight is 348 g/mol. The summed E-state index contributed by atoms with van der Waals surface area (Å²) in [6.07, 6.45) is 2.65. The molecule has 2 aliphatic rings. The number of hydrogen-bond acceptors (Lipinski definition) is 4. The van der Waals surface area contributed by atoms with Crippen LogP contribution in [-0.2, 0) is 0 Å². The van der Waals surface area contributed by atoms with Crippen molar-refractivity contribution in [1.82, 2.24) is 14.7 Å². The first kappa shape index (κ1) is 18.5. The van der Waals surface area contributed by atoms with E-state index >= 15 is 0 Å². The Balaban J connectivity index is 1.51. The van der Waals surface area contributed by atoms with Gasteiger partial charge in [-0.05, 0) is 47.5 Å². The summed E-state index contributed by atoms with van der Waals surface area (Å²) in [6, 6.07) is 1.43. The van der Waals surface area contributed by atoms with Crippen LogP contribution in [-0.4, -0.2) is 72.0 Å². The molecule has 5 heteroatoms. The molecule has 5 nitrogen and oxygen atoms in total. The van der Waals surface area contributed by atoms with Gasteiger partial charge < -0.3 is 9.32 Å². The van der Waals surface area contributed by atoms with Crippen LogP contribution in [0.3, 0.4) is 0 Å². The van der Waals surface area contributed by atoms with Gasteiger partial charge in [-0.3, -0.25) is 14.6 Å². The Morgan fingerprint density at radius 3 is 2.08 bits per heavy atom. The molecule has 3 heterocycles. The molecule has 2 saturated heterocycles. The SMILES string of the molecule is Cc1oc(C)c(C(=O)N2CCN(CCN3[C@H](C)CC[C@H]3C)CC2)c1C. The third-order valence-electron chi connectivity index (χ3n) is 6.24. The standard InChI is InChI=1S/C20H33N3O2/c1-14-6-7-15(2)23(14)13-10-21-8-11-22(12-9-21)20(24)19-16(3)17(4)25-18(19)5/h14-15H,6-13H2,1-5H3/t14-,15-/m1/s1. The Kier molecular flexibility index (Phi) is 5.54. The second-order valence-electron chi connectivity index (χ2n) is 7.86. The molecule has 140 valence electrons. The molecular weight excluding hydrogens is 314 g/mol. The van der Waals surface area contributed by atoms with Gasteiger partial charge >= 0.3 is 0 Å². The summed E-state index contributed by atoms with van der Waals surface area (Å²) >= 11 is 0. The zero-order chi connectivity index (χ0) is 18.1. The lowest BCUT2D eigenvalue weighted by atomic mass is 10.1.